The van der Waals surface area contributed by atoms with E-state index >= 15 is 0 Å². The Hall–Kier alpha value is -2.44. The van der Waals surface area contributed by atoms with Gasteiger partial charge in [0.15, 0.2) is 0 Å². The highest BCUT2D eigenvalue weighted by Crippen LogP contribution is 2.42. The Bertz CT molecular complexity index is 1030. The number of para-hydroxylation sites is 1. The van der Waals surface area contributed by atoms with Crippen LogP contribution in [0.25, 0.3) is 6.08 Å². The molecule has 2 aliphatic rings. The number of amides is 2. The topological polar surface area (TPSA) is 52.7 Å². The highest BCUT2D eigenvalue weighted by Gasteiger charge is 2.41. The van der Waals surface area contributed by atoms with Crippen molar-refractivity contribution in [2.45, 2.75) is 43.9 Å². The minimum absolute atomic E-state index is 0.0530. The number of nitrogens with zero attached hydrogens (tertiary/aromatic N) is 2. The smallest absolute Gasteiger partial charge is 0.261 e. The van der Waals surface area contributed by atoms with E-state index in [-0.39, 0.29) is 24.4 Å². The Morgan fingerprint density at radius 3 is 2.74 bits per heavy atom. The van der Waals surface area contributed by atoms with Crippen molar-refractivity contribution in [1.82, 2.24) is 10.2 Å². The van der Waals surface area contributed by atoms with Crippen molar-refractivity contribution in [3.63, 3.8) is 0 Å². The number of carbonyl (C=O) groups excluding carboxylic acids is 2. The first-order chi connectivity index (χ1) is 16.5. The van der Waals surface area contributed by atoms with E-state index in [0.29, 0.717) is 21.7 Å². The molecule has 2 amide bonds. The molecule has 2 atom stereocenters. The van der Waals surface area contributed by atoms with Crippen LogP contribution in [-0.2, 0) is 9.59 Å². The number of rotatable bonds is 8. The monoisotopic (exact) mass is 497 g/mol. The van der Waals surface area contributed by atoms with Crippen LogP contribution in [0.1, 0.15) is 38.2 Å². The summed E-state index contributed by atoms with van der Waals surface area (Å²) in [5, 5.41) is 4.01. The molecule has 1 aliphatic heterocycles. The van der Waals surface area contributed by atoms with Crippen LogP contribution >= 0.6 is 23.4 Å². The molecule has 2 aromatic rings. The molecule has 1 saturated heterocycles. The van der Waals surface area contributed by atoms with Gasteiger partial charge in [0.1, 0.15) is 6.54 Å². The molecule has 34 heavy (non-hydrogen) atoms. The number of benzene rings is 2. The fourth-order valence-electron chi connectivity index (χ4n) is 4.76. The molecule has 2 unspecified atom stereocenters. The molecule has 0 radical (unpaired) electrons. The average molecular weight is 498 g/mol. The zero-order valence-corrected chi connectivity index (χ0v) is 21.2. The molecule has 2 aromatic carbocycles. The third-order valence-corrected chi connectivity index (χ3v) is 8.12. The molecule has 5 nitrogen and oxygen atoms in total. The van der Waals surface area contributed by atoms with Gasteiger partial charge in [0.25, 0.3) is 5.91 Å². The third-order valence-electron chi connectivity index (χ3n) is 6.49. The van der Waals surface area contributed by atoms with Gasteiger partial charge in [-0.25, -0.2) is 0 Å². The minimum atomic E-state index is -0.101. The van der Waals surface area contributed by atoms with E-state index in [9.17, 15) is 9.59 Å². The van der Waals surface area contributed by atoms with Gasteiger partial charge < -0.3 is 15.1 Å². The number of halogens is 1. The van der Waals surface area contributed by atoms with Crippen molar-refractivity contribution < 1.29 is 9.59 Å². The van der Waals surface area contributed by atoms with Gasteiger partial charge >= 0.3 is 0 Å². The number of anilines is 1. The van der Waals surface area contributed by atoms with Crippen molar-refractivity contribution in [2.75, 3.05) is 31.1 Å². The van der Waals surface area contributed by atoms with Crippen molar-refractivity contribution in [2.24, 2.45) is 0 Å². The molecule has 0 aromatic heterocycles. The molecule has 0 spiro atoms. The molecule has 4 rings (SSSR count). The fraction of sp³-hybridized carbons (Fsp3) is 0.407. The summed E-state index contributed by atoms with van der Waals surface area (Å²) in [6.07, 6.45) is 6.20. The van der Waals surface area contributed by atoms with E-state index in [1.807, 2.05) is 48.5 Å². The lowest BCUT2D eigenvalue weighted by molar-refractivity contribution is -0.135. The van der Waals surface area contributed by atoms with E-state index in [2.05, 4.69) is 29.3 Å². The SMILES string of the molecule is CCN(CCNC(=O)CN1C(=O)/C(=C\c2cccc(Cl)c2)SC2CCCCC21)c1ccccc1. The number of fused-ring (bicyclic) bond motifs is 1. The van der Waals surface area contributed by atoms with Crippen molar-refractivity contribution >= 4 is 46.9 Å². The number of nitrogens with one attached hydrogen (secondary N) is 1. The normalized spacial score (nSPS) is 21.3. The standard InChI is InChI=1S/C27H32ClN3O2S/c1-2-30(22-11-4-3-5-12-22)16-15-29-26(32)19-31-23-13-6-7-14-24(23)34-25(27(31)33)18-20-9-8-10-21(28)17-20/h3-5,8-12,17-18,23-24H,2,6-7,13-16,19H2,1H3,(H,29,32)/b25-18+. The van der Waals surface area contributed by atoms with Crippen LogP contribution in [0, 0.1) is 0 Å². The fourth-order valence-corrected chi connectivity index (χ4v) is 6.43. The Balaban J connectivity index is 1.41. The summed E-state index contributed by atoms with van der Waals surface area (Å²) in [5.41, 5.74) is 2.05. The van der Waals surface area contributed by atoms with Gasteiger partial charge in [0, 0.05) is 41.6 Å². The molecule has 1 saturated carbocycles. The van der Waals surface area contributed by atoms with E-state index in [1.165, 1.54) is 6.42 Å². The van der Waals surface area contributed by atoms with Crippen LogP contribution in [0.4, 0.5) is 5.69 Å². The average Bonchev–Trinajstić information content (AvgIpc) is 2.85. The van der Waals surface area contributed by atoms with E-state index in [1.54, 1.807) is 16.7 Å². The second-order valence-electron chi connectivity index (χ2n) is 8.77. The van der Waals surface area contributed by atoms with Crippen LogP contribution in [0.15, 0.2) is 59.5 Å². The first-order valence-corrected chi connectivity index (χ1v) is 13.3. The van der Waals surface area contributed by atoms with Crippen molar-refractivity contribution in [3.05, 3.63) is 70.1 Å². The maximum absolute atomic E-state index is 13.4. The Kier molecular flexibility index (Phi) is 8.57. The van der Waals surface area contributed by atoms with Crippen LogP contribution in [0.2, 0.25) is 5.02 Å². The van der Waals surface area contributed by atoms with Crippen LogP contribution in [0.3, 0.4) is 0 Å². The molecule has 180 valence electrons. The summed E-state index contributed by atoms with van der Waals surface area (Å²) in [5.74, 6) is -0.154. The Morgan fingerprint density at radius 1 is 1.18 bits per heavy atom. The summed E-state index contributed by atoms with van der Waals surface area (Å²) in [6, 6.07) is 17.8. The maximum Gasteiger partial charge on any atom is 0.261 e. The lowest BCUT2D eigenvalue weighted by Crippen LogP contribution is -2.54. The highest BCUT2D eigenvalue weighted by molar-refractivity contribution is 8.04. The van der Waals surface area contributed by atoms with E-state index in [4.69, 9.17) is 11.6 Å². The molecule has 7 heteroatoms. The first kappa shape index (κ1) is 24.7. The first-order valence-electron chi connectivity index (χ1n) is 12.1. The highest BCUT2D eigenvalue weighted by atomic mass is 35.5. The summed E-state index contributed by atoms with van der Waals surface area (Å²) >= 11 is 7.81. The summed E-state index contributed by atoms with van der Waals surface area (Å²) in [4.78, 5) is 31.0. The van der Waals surface area contributed by atoms with Gasteiger partial charge in [-0.3, -0.25) is 9.59 Å². The van der Waals surface area contributed by atoms with E-state index < -0.39 is 0 Å². The number of thioether (sulfide) groups is 1. The quantitative estimate of drug-likeness (QED) is 0.509. The zero-order chi connectivity index (χ0) is 23.9. The van der Waals surface area contributed by atoms with Gasteiger partial charge in [0.05, 0.1) is 4.91 Å². The van der Waals surface area contributed by atoms with Crippen molar-refractivity contribution in [3.8, 4) is 0 Å². The molecule has 1 heterocycles. The lowest BCUT2D eigenvalue weighted by atomic mass is 9.93. The zero-order valence-electron chi connectivity index (χ0n) is 19.6. The minimum Gasteiger partial charge on any atom is -0.370 e. The number of carbonyl (C=O) groups is 2. The second kappa shape index (κ2) is 11.8. The molecule has 1 N–H and O–H groups in total. The van der Waals surface area contributed by atoms with Crippen molar-refractivity contribution in [1.29, 1.82) is 0 Å². The third kappa shape index (κ3) is 6.16. The molecule has 2 fully saturated rings. The Morgan fingerprint density at radius 2 is 1.97 bits per heavy atom. The summed E-state index contributed by atoms with van der Waals surface area (Å²) in [6.45, 7) is 4.34. The molecule has 0 bridgehead atoms. The largest absolute Gasteiger partial charge is 0.370 e. The van der Waals surface area contributed by atoms with Gasteiger partial charge in [-0.2, -0.15) is 0 Å². The molecular weight excluding hydrogens is 466 g/mol. The van der Waals surface area contributed by atoms with Gasteiger partial charge in [-0.15, -0.1) is 11.8 Å². The predicted molar refractivity (Wildman–Crippen MR) is 142 cm³/mol. The molecular formula is C27H32ClN3O2S. The van der Waals surface area contributed by atoms with Gasteiger partial charge in [-0.05, 0) is 55.7 Å². The van der Waals surface area contributed by atoms with E-state index in [0.717, 1.165) is 43.6 Å². The summed E-state index contributed by atoms with van der Waals surface area (Å²) in [7, 11) is 0. The number of hydrogen-bond donors (Lipinski definition) is 1. The summed E-state index contributed by atoms with van der Waals surface area (Å²) < 4.78 is 0. The lowest BCUT2D eigenvalue weighted by Gasteiger charge is -2.43. The predicted octanol–water partition coefficient (Wildman–Crippen LogP) is 5.21. The van der Waals surface area contributed by atoms with Gasteiger partial charge in [0.2, 0.25) is 5.91 Å². The van der Waals surface area contributed by atoms with Crippen LogP contribution in [-0.4, -0.2) is 54.2 Å². The van der Waals surface area contributed by atoms with Crippen LogP contribution < -0.4 is 10.2 Å². The number of likely N-dealkylation sites (N-methyl/N-ethyl adjacent to an activating group) is 1. The molecule has 1 aliphatic carbocycles. The second-order valence-corrected chi connectivity index (χ2v) is 10.5. The van der Waals surface area contributed by atoms with Crippen LogP contribution in [0.5, 0.6) is 0 Å². The maximum atomic E-state index is 13.4. The number of hydrogen-bond acceptors (Lipinski definition) is 4. The van der Waals surface area contributed by atoms with Gasteiger partial charge in [-0.1, -0.05) is 54.8 Å². The Labute approximate surface area is 211 Å².